The fraction of sp³-hybridized carbons (Fsp3) is 0.667. The Kier molecular flexibility index (Phi) is 10.2. The number of benzene rings is 3. The van der Waals surface area contributed by atoms with Gasteiger partial charge in [0.25, 0.3) is 0 Å². The number of hydrogen-bond acceptors (Lipinski definition) is 2. The van der Waals surface area contributed by atoms with E-state index in [-0.39, 0.29) is 26.7 Å². The van der Waals surface area contributed by atoms with Crippen molar-refractivity contribution < 1.29 is 0 Å². The van der Waals surface area contributed by atoms with Gasteiger partial charge in [-0.15, -0.1) is 0 Å². The summed E-state index contributed by atoms with van der Waals surface area (Å²) in [4.78, 5) is 0. The predicted molar refractivity (Wildman–Crippen MR) is 249 cm³/mol. The minimum Gasteiger partial charge on any atom is -0.316 e. The SMILES string of the molecule is CC(C)(c1ccccc1)c1cc(CP(C2CCNC2)C2CCNC2)c(CP(C23CC4CC(CC(C4)C2)C3)C23CC4CC(CC(C4)C2)C3)cc1C(C)(C)c1ccccc1. The minimum atomic E-state index is -0.148. The Labute approximate surface area is 355 Å². The summed E-state index contributed by atoms with van der Waals surface area (Å²) in [5.74, 6) is 6.19. The van der Waals surface area contributed by atoms with Crippen LogP contribution in [-0.4, -0.2) is 47.8 Å². The molecule has 10 aliphatic rings. The van der Waals surface area contributed by atoms with Crippen LogP contribution in [0.4, 0.5) is 0 Å². The summed E-state index contributed by atoms with van der Waals surface area (Å²) in [6.45, 7) is 15.1. The summed E-state index contributed by atoms with van der Waals surface area (Å²) in [7, 11) is -0.285. The molecule has 2 nitrogen and oxygen atoms in total. The smallest absolute Gasteiger partial charge is 0.0149 e. The van der Waals surface area contributed by atoms with E-state index in [0.29, 0.717) is 10.3 Å². The molecular formula is C54H74N2P2. The normalized spacial score (nSPS) is 37.4. The molecule has 3 aromatic carbocycles. The van der Waals surface area contributed by atoms with Gasteiger partial charge in [0.05, 0.1) is 0 Å². The van der Waals surface area contributed by atoms with Crippen LogP contribution < -0.4 is 10.6 Å². The fourth-order valence-electron chi connectivity index (χ4n) is 16.4. The van der Waals surface area contributed by atoms with E-state index >= 15 is 0 Å². The average molecular weight is 813 g/mol. The molecule has 2 saturated heterocycles. The lowest BCUT2D eigenvalue weighted by Gasteiger charge is -2.67. The van der Waals surface area contributed by atoms with Crippen LogP contribution in [0.5, 0.6) is 0 Å². The molecule has 310 valence electrons. The van der Waals surface area contributed by atoms with Crippen LogP contribution in [0.15, 0.2) is 72.8 Å². The van der Waals surface area contributed by atoms with Gasteiger partial charge in [0.1, 0.15) is 0 Å². The van der Waals surface area contributed by atoms with Gasteiger partial charge in [0.15, 0.2) is 0 Å². The first-order chi connectivity index (χ1) is 28.1. The number of rotatable bonds is 12. The van der Waals surface area contributed by atoms with Crippen LogP contribution in [0.25, 0.3) is 0 Å². The third-order valence-corrected chi connectivity index (χ3v) is 26.0. The third-order valence-electron chi connectivity index (χ3n) is 18.5. The first-order valence-corrected chi connectivity index (χ1v) is 27.5. The standard InChI is InChI=1S/C54H74N2P2/c1-51(2,45-11-7-5-8-12-45)49-25-43(35-57(47-15-17-55-33-47)48-16-18-56-34-48)44(26-50(49)52(3,4)46-13-9-6-10-14-46)36-58(53-27-37-19-38(28-53)21-39(20-37)29-53)54-30-40-22-41(31-54)24-42(23-40)32-54/h5-14,25-26,37-42,47-48,55-56H,15-24,27-36H2,1-4H3. The van der Waals surface area contributed by atoms with Crippen LogP contribution in [0, 0.1) is 35.5 Å². The molecule has 2 unspecified atom stereocenters. The van der Waals surface area contributed by atoms with Crippen molar-refractivity contribution in [3.05, 3.63) is 106 Å². The number of hydrogen-bond donors (Lipinski definition) is 2. The molecule has 0 radical (unpaired) electrons. The second-order valence-corrected chi connectivity index (χ2v) is 28.9. The molecule has 58 heavy (non-hydrogen) atoms. The zero-order valence-electron chi connectivity index (χ0n) is 36.6. The highest BCUT2D eigenvalue weighted by molar-refractivity contribution is 7.60. The molecule has 8 saturated carbocycles. The lowest BCUT2D eigenvalue weighted by Crippen LogP contribution is -2.56. The molecule has 2 atom stereocenters. The van der Waals surface area contributed by atoms with Crippen molar-refractivity contribution in [3.63, 3.8) is 0 Å². The fourth-order valence-corrected chi connectivity index (χ4v) is 25.1. The molecule has 10 fully saturated rings. The molecule has 2 heterocycles. The van der Waals surface area contributed by atoms with Crippen LogP contribution in [0.3, 0.4) is 0 Å². The van der Waals surface area contributed by atoms with E-state index in [0.717, 1.165) is 46.8 Å². The topological polar surface area (TPSA) is 24.1 Å². The van der Waals surface area contributed by atoms with Gasteiger partial charge >= 0.3 is 0 Å². The van der Waals surface area contributed by atoms with Gasteiger partial charge in [0, 0.05) is 23.9 Å². The van der Waals surface area contributed by atoms with E-state index in [2.05, 4.69) is 111 Å². The lowest BCUT2D eigenvalue weighted by atomic mass is 9.55. The van der Waals surface area contributed by atoms with Crippen molar-refractivity contribution in [2.45, 2.75) is 162 Å². The summed E-state index contributed by atoms with van der Waals surface area (Å²) in [6.07, 6.45) is 24.5. The van der Waals surface area contributed by atoms with E-state index in [9.17, 15) is 0 Å². The summed E-state index contributed by atoms with van der Waals surface area (Å²) >= 11 is 0. The van der Waals surface area contributed by atoms with Crippen molar-refractivity contribution in [2.24, 2.45) is 35.5 Å². The largest absolute Gasteiger partial charge is 0.316 e. The highest BCUT2D eigenvalue weighted by Crippen LogP contribution is 2.80. The zero-order chi connectivity index (χ0) is 39.3. The Balaban J connectivity index is 1.11. The van der Waals surface area contributed by atoms with E-state index in [1.54, 1.807) is 93.7 Å². The summed E-state index contributed by atoms with van der Waals surface area (Å²) in [5.41, 5.74) is 11.2. The van der Waals surface area contributed by atoms with E-state index in [1.807, 2.05) is 5.56 Å². The number of nitrogens with one attached hydrogen (secondary N) is 2. The Hall–Kier alpha value is -1.56. The quantitative estimate of drug-likeness (QED) is 0.178. The van der Waals surface area contributed by atoms with Gasteiger partial charge in [-0.1, -0.05) is 116 Å². The van der Waals surface area contributed by atoms with Gasteiger partial charge in [-0.3, -0.25) is 0 Å². The van der Waals surface area contributed by atoms with Gasteiger partial charge < -0.3 is 10.6 Å². The van der Waals surface area contributed by atoms with E-state index < -0.39 is 0 Å². The summed E-state index contributed by atoms with van der Waals surface area (Å²) < 4.78 is 0. The molecule has 2 aliphatic heterocycles. The van der Waals surface area contributed by atoms with E-state index in [4.69, 9.17) is 0 Å². The van der Waals surface area contributed by atoms with Crippen LogP contribution in [0.2, 0.25) is 0 Å². The van der Waals surface area contributed by atoms with Crippen LogP contribution in [-0.2, 0) is 23.2 Å². The predicted octanol–water partition coefficient (Wildman–Crippen LogP) is 13.0. The Morgan fingerprint density at radius 3 is 1.22 bits per heavy atom. The van der Waals surface area contributed by atoms with Gasteiger partial charge in [-0.25, -0.2) is 0 Å². The maximum absolute atomic E-state index is 3.86. The maximum Gasteiger partial charge on any atom is 0.0149 e. The molecule has 8 bridgehead atoms. The molecule has 2 N–H and O–H groups in total. The average Bonchev–Trinajstić information content (AvgIpc) is 3.95. The molecule has 4 heteroatoms. The molecule has 8 aliphatic carbocycles. The zero-order valence-corrected chi connectivity index (χ0v) is 38.4. The van der Waals surface area contributed by atoms with Crippen molar-refractivity contribution in [1.29, 1.82) is 0 Å². The molecule has 0 aromatic heterocycles. The molecule has 0 spiro atoms. The minimum absolute atomic E-state index is 0.102. The Bertz CT molecular complexity index is 1810. The lowest BCUT2D eigenvalue weighted by molar-refractivity contribution is 0.0184. The molecule has 13 rings (SSSR count). The van der Waals surface area contributed by atoms with Crippen LogP contribution in [0.1, 0.15) is 151 Å². The van der Waals surface area contributed by atoms with Crippen molar-refractivity contribution in [2.75, 3.05) is 26.2 Å². The van der Waals surface area contributed by atoms with Crippen molar-refractivity contribution >= 4 is 15.8 Å². The summed E-state index contributed by atoms with van der Waals surface area (Å²) in [6, 6.07) is 29.0. The third kappa shape index (κ3) is 6.87. The monoisotopic (exact) mass is 813 g/mol. The molecule has 3 aromatic rings. The van der Waals surface area contributed by atoms with Gasteiger partial charge in [-0.2, -0.15) is 0 Å². The van der Waals surface area contributed by atoms with Crippen molar-refractivity contribution in [1.82, 2.24) is 10.6 Å². The second-order valence-electron chi connectivity index (χ2n) is 23.0. The Morgan fingerprint density at radius 2 is 0.879 bits per heavy atom. The summed E-state index contributed by atoms with van der Waals surface area (Å²) in [5, 5.41) is 9.00. The molecular weight excluding hydrogens is 739 g/mol. The first-order valence-electron chi connectivity index (χ1n) is 24.3. The van der Waals surface area contributed by atoms with Gasteiger partial charge in [0.2, 0.25) is 0 Å². The van der Waals surface area contributed by atoms with E-state index in [1.165, 1.54) is 62.5 Å². The maximum atomic E-state index is 3.86. The van der Waals surface area contributed by atoms with Gasteiger partial charge in [-0.05, 0) is 206 Å². The van der Waals surface area contributed by atoms with Crippen molar-refractivity contribution in [3.8, 4) is 0 Å². The highest BCUT2D eigenvalue weighted by atomic mass is 31.1. The second kappa shape index (κ2) is 15.1. The van der Waals surface area contributed by atoms with Crippen LogP contribution >= 0.6 is 15.8 Å². The Morgan fingerprint density at radius 1 is 0.517 bits per heavy atom. The first kappa shape index (κ1) is 39.3. The molecule has 0 amide bonds. The highest BCUT2D eigenvalue weighted by Gasteiger charge is 2.62.